The molecule has 0 saturated carbocycles. The van der Waals surface area contributed by atoms with Crippen LogP contribution in [0.25, 0.3) is 62.7 Å². The van der Waals surface area contributed by atoms with Crippen LogP contribution in [0.5, 0.6) is 0 Å². The van der Waals surface area contributed by atoms with Gasteiger partial charge in [0.05, 0.1) is 0 Å². The van der Waals surface area contributed by atoms with Crippen molar-refractivity contribution in [2.24, 2.45) is 0 Å². The van der Waals surface area contributed by atoms with Gasteiger partial charge in [-0.2, -0.15) is 0 Å². The van der Waals surface area contributed by atoms with E-state index in [9.17, 15) is 0 Å². The van der Waals surface area contributed by atoms with E-state index in [1.165, 1.54) is 90.9 Å². The van der Waals surface area contributed by atoms with Crippen molar-refractivity contribution in [2.45, 2.75) is 19.3 Å². The molecule has 0 amide bonds. The Hall–Kier alpha value is -5.14. The average molecular weight is 665 g/mol. The quantitative estimate of drug-likeness (QED) is 0.134. The van der Waals surface area contributed by atoms with E-state index in [1.807, 2.05) is 0 Å². The Balaban J connectivity index is 1.39. The Kier molecular flexibility index (Phi) is 5.71. The molecule has 8 aromatic carbocycles. The summed E-state index contributed by atoms with van der Waals surface area (Å²) in [6, 6.07) is 56.8. The second-order valence-electron chi connectivity index (χ2n) is 13.3. The zero-order chi connectivity index (χ0) is 31.3. The van der Waals surface area contributed by atoms with E-state index in [0.717, 1.165) is 0 Å². The molecule has 10 rings (SSSR count). The Labute approximate surface area is 280 Å². The van der Waals surface area contributed by atoms with Crippen LogP contribution in [0.2, 0.25) is 0 Å². The summed E-state index contributed by atoms with van der Waals surface area (Å²) in [6.45, 7) is 4.75. The van der Waals surface area contributed by atoms with Crippen molar-refractivity contribution in [3.63, 3.8) is 0 Å². The molecule has 222 valence electrons. The summed E-state index contributed by atoms with van der Waals surface area (Å²) in [5, 5.41) is 10.6. The molecule has 1 aliphatic carbocycles. The molecular weight excluding hydrogens is 633 g/mol. The third-order valence-electron chi connectivity index (χ3n) is 10.4. The maximum atomic E-state index is 2.56. The van der Waals surface area contributed by atoms with Crippen LogP contribution >= 0.6 is 0 Å². The normalized spacial score (nSPS) is 13.5. The van der Waals surface area contributed by atoms with Crippen LogP contribution in [-0.4, -0.2) is 14.5 Å². The first kappa shape index (κ1) is 27.0. The first-order valence-corrected chi connectivity index (χ1v) is 18.1. The summed E-state index contributed by atoms with van der Waals surface area (Å²) >= 11 is 0.234. The molecule has 0 N–H and O–H groups in total. The molecule has 0 radical (unpaired) electrons. The van der Waals surface area contributed by atoms with Gasteiger partial charge in [0.15, 0.2) is 0 Å². The molecule has 2 heteroatoms. The van der Waals surface area contributed by atoms with Gasteiger partial charge >= 0.3 is 281 Å². The summed E-state index contributed by atoms with van der Waals surface area (Å²) in [6.07, 6.45) is 0. The Morgan fingerprint density at radius 2 is 1.19 bits per heavy atom. The van der Waals surface area contributed by atoms with Gasteiger partial charge in [0.1, 0.15) is 0 Å². The molecule has 0 aliphatic heterocycles. The van der Waals surface area contributed by atoms with E-state index in [1.54, 1.807) is 0 Å². The van der Waals surface area contributed by atoms with Gasteiger partial charge < -0.3 is 0 Å². The molecule has 1 aromatic heterocycles. The van der Waals surface area contributed by atoms with Gasteiger partial charge in [0.25, 0.3) is 0 Å². The topological polar surface area (TPSA) is 3.24 Å². The van der Waals surface area contributed by atoms with Crippen molar-refractivity contribution in [1.82, 2.24) is 0 Å². The van der Waals surface area contributed by atoms with Gasteiger partial charge in [-0.05, 0) is 0 Å². The van der Waals surface area contributed by atoms with Crippen molar-refractivity contribution in [2.75, 3.05) is 4.90 Å². The predicted octanol–water partition coefficient (Wildman–Crippen LogP) is 12.3. The molecular formula is C45H31NSe. The van der Waals surface area contributed by atoms with Gasteiger partial charge in [-0.1, -0.05) is 0 Å². The number of nitrogens with zero attached hydrogens (tertiary/aromatic N) is 1. The third-order valence-corrected chi connectivity index (χ3v) is 12.9. The van der Waals surface area contributed by atoms with Crippen LogP contribution in [-0.2, 0) is 5.41 Å². The summed E-state index contributed by atoms with van der Waals surface area (Å²) in [7, 11) is 0. The standard InChI is InChI=1S/C45H31NSe/c1-45(2)37-18-9-7-17-34(37)43-38(45)19-11-20-39(43)46(31-24-22-28-12-3-4-14-30(28)26-31)40-27-36-33-16-8-10-21-41(33)47-44(36)42-32-15-6-5-13-29(32)23-25-35(40)42/h3-27H,1-2H3. The fourth-order valence-electron chi connectivity index (χ4n) is 8.17. The SMILES string of the molecule is CC1(C)c2ccccc2-c2c(N(c3ccc4ccccc4c3)c3cc4c5ccccc5[se]c4c4c3ccc3ccccc34)cccc21. The molecule has 0 unspecified atom stereocenters. The summed E-state index contributed by atoms with van der Waals surface area (Å²) in [5.41, 5.74) is 8.97. The van der Waals surface area contributed by atoms with Crippen LogP contribution in [0.4, 0.5) is 17.1 Å². The van der Waals surface area contributed by atoms with E-state index in [2.05, 4.69) is 170 Å². The fraction of sp³-hybridized carbons (Fsp3) is 0.0667. The first-order valence-electron chi connectivity index (χ1n) is 16.4. The first-order chi connectivity index (χ1) is 23.1. The Bertz CT molecular complexity index is 2730. The molecule has 0 atom stereocenters. The molecule has 0 saturated heterocycles. The van der Waals surface area contributed by atoms with Crippen molar-refractivity contribution >= 4 is 83.2 Å². The number of hydrogen-bond acceptors (Lipinski definition) is 1. The van der Waals surface area contributed by atoms with E-state index in [-0.39, 0.29) is 19.9 Å². The number of fused-ring (bicyclic) bond motifs is 11. The van der Waals surface area contributed by atoms with Crippen molar-refractivity contribution < 1.29 is 0 Å². The fourth-order valence-corrected chi connectivity index (χ4v) is 10.8. The van der Waals surface area contributed by atoms with Crippen LogP contribution in [0.3, 0.4) is 0 Å². The van der Waals surface area contributed by atoms with Crippen molar-refractivity contribution in [3.8, 4) is 11.1 Å². The van der Waals surface area contributed by atoms with Gasteiger partial charge in [-0.25, -0.2) is 0 Å². The zero-order valence-corrected chi connectivity index (χ0v) is 28.0. The van der Waals surface area contributed by atoms with E-state index in [4.69, 9.17) is 0 Å². The minimum atomic E-state index is -0.0886. The molecule has 0 bridgehead atoms. The summed E-state index contributed by atoms with van der Waals surface area (Å²) in [4.78, 5) is 2.56. The van der Waals surface area contributed by atoms with Crippen LogP contribution in [0.1, 0.15) is 25.0 Å². The minimum absolute atomic E-state index is 0.0886. The average Bonchev–Trinajstić information content (AvgIpc) is 3.60. The van der Waals surface area contributed by atoms with Gasteiger partial charge in [0, 0.05) is 0 Å². The second-order valence-corrected chi connectivity index (χ2v) is 15.5. The molecule has 1 aliphatic rings. The monoisotopic (exact) mass is 665 g/mol. The van der Waals surface area contributed by atoms with E-state index >= 15 is 0 Å². The van der Waals surface area contributed by atoms with Crippen molar-refractivity contribution in [1.29, 1.82) is 0 Å². The summed E-state index contributed by atoms with van der Waals surface area (Å²) < 4.78 is 2.97. The molecule has 0 spiro atoms. The van der Waals surface area contributed by atoms with Crippen LogP contribution < -0.4 is 4.90 Å². The number of benzene rings is 8. The van der Waals surface area contributed by atoms with Crippen molar-refractivity contribution in [3.05, 3.63) is 163 Å². The van der Waals surface area contributed by atoms with Crippen LogP contribution in [0, 0.1) is 0 Å². The Morgan fingerprint density at radius 1 is 0.489 bits per heavy atom. The summed E-state index contributed by atoms with van der Waals surface area (Å²) in [5.74, 6) is 0. The zero-order valence-electron chi connectivity index (χ0n) is 26.3. The number of hydrogen-bond donors (Lipinski definition) is 0. The maximum absolute atomic E-state index is 2.56. The second kappa shape index (κ2) is 9.93. The van der Waals surface area contributed by atoms with E-state index < -0.39 is 0 Å². The molecule has 1 heterocycles. The third kappa shape index (κ3) is 3.83. The number of rotatable bonds is 3. The molecule has 0 fully saturated rings. The van der Waals surface area contributed by atoms with Crippen LogP contribution in [0.15, 0.2) is 152 Å². The number of anilines is 3. The van der Waals surface area contributed by atoms with Gasteiger partial charge in [0.2, 0.25) is 0 Å². The predicted molar refractivity (Wildman–Crippen MR) is 203 cm³/mol. The molecule has 1 nitrogen and oxygen atoms in total. The Morgan fingerprint density at radius 3 is 2.09 bits per heavy atom. The molecule has 9 aromatic rings. The van der Waals surface area contributed by atoms with Gasteiger partial charge in [-0.15, -0.1) is 0 Å². The van der Waals surface area contributed by atoms with E-state index in [0.29, 0.717) is 0 Å². The van der Waals surface area contributed by atoms with Gasteiger partial charge in [-0.3, -0.25) is 0 Å². The molecule has 47 heavy (non-hydrogen) atoms.